The Kier molecular flexibility index (Phi) is 5.17. The number of rotatable bonds is 5. The van der Waals surface area contributed by atoms with Gasteiger partial charge in [-0.3, -0.25) is 4.79 Å². The number of H-pyrrole nitrogens is 1. The van der Waals surface area contributed by atoms with Gasteiger partial charge in [0.15, 0.2) is 0 Å². The largest absolute Gasteiger partial charge is 0.496 e. The predicted octanol–water partition coefficient (Wildman–Crippen LogP) is 6.77. The highest BCUT2D eigenvalue weighted by Gasteiger charge is 2.20. The lowest BCUT2D eigenvalue weighted by molar-refractivity contribution is 0.416. The smallest absolute Gasteiger partial charge is 0.266 e. The van der Waals surface area contributed by atoms with E-state index in [-0.39, 0.29) is 17.3 Å². The molecule has 1 atom stereocenters. The fourth-order valence-corrected chi connectivity index (χ4v) is 4.98. The summed E-state index contributed by atoms with van der Waals surface area (Å²) in [5.41, 5.74) is 3.87. The second kappa shape index (κ2) is 7.64. The van der Waals surface area contributed by atoms with Crippen molar-refractivity contribution in [2.45, 2.75) is 39.5 Å². The summed E-state index contributed by atoms with van der Waals surface area (Å²) in [6, 6.07) is 9.29. The summed E-state index contributed by atoms with van der Waals surface area (Å²) in [6.45, 7) is 6.11. The molecule has 29 heavy (non-hydrogen) atoms. The Balaban J connectivity index is 2.05. The molecule has 4 aromatic rings. The summed E-state index contributed by atoms with van der Waals surface area (Å²) in [5.74, 6) is 0.638. The summed E-state index contributed by atoms with van der Waals surface area (Å²) in [4.78, 5) is 15.5. The Bertz CT molecular complexity index is 1270. The first-order valence-corrected chi connectivity index (χ1v) is 10.7. The normalized spacial score (nSPS) is 12.6. The molecule has 5 heteroatoms. The number of thiophene rings is 1. The van der Waals surface area contributed by atoms with Crippen molar-refractivity contribution in [2.24, 2.45) is 0 Å². The van der Waals surface area contributed by atoms with E-state index in [2.05, 4.69) is 18.8 Å². The van der Waals surface area contributed by atoms with Gasteiger partial charge in [0.05, 0.1) is 12.6 Å². The van der Waals surface area contributed by atoms with Gasteiger partial charge in [0.1, 0.15) is 16.3 Å². The van der Waals surface area contributed by atoms with Crippen LogP contribution in [-0.2, 0) is 0 Å². The molecule has 1 N–H and O–H groups in total. The lowest BCUT2D eigenvalue weighted by Crippen LogP contribution is -2.06. The number of methoxy groups -OCH3 is 1. The molecule has 0 saturated carbocycles. The number of fused-ring (bicyclic) bond motifs is 3. The number of hydrogen-bond acceptors (Lipinski definition) is 3. The van der Waals surface area contributed by atoms with E-state index in [0.29, 0.717) is 10.4 Å². The lowest BCUT2D eigenvalue weighted by Gasteiger charge is -2.17. The molecule has 0 saturated heterocycles. The van der Waals surface area contributed by atoms with Crippen LogP contribution in [0.4, 0.5) is 4.39 Å². The van der Waals surface area contributed by atoms with E-state index < -0.39 is 0 Å². The van der Waals surface area contributed by atoms with Gasteiger partial charge >= 0.3 is 0 Å². The van der Waals surface area contributed by atoms with Crippen LogP contribution < -0.4 is 10.3 Å². The summed E-state index contributed by atoms with van der Waals surface area (Å²) < 4.78 is 21.4. The van der Waals surface area contributed by atoms with E-state index >= 15 is 4.39 Å². The Morgan fingerprint density at radius 2 is 2.03 bits per heavy atom. The third-order valence-electron chi connectivity index (χ3n) is 5.63. The summed E-state index contributed by atoms with van der Waals surface area (Å²) in [5, 5.41) is 3.68. The van der Waals surface area contributed by atoms with Gasteiger partial charge in [-0.1, -0.05) is 32.4 Å². The third kappa shape index (κ3) is 3.23. The lowest BCUT2D eigenvalue weighted by atomic mass is 9.91. The molecule has 0 bridgehead atoms. The standard InChI is InChI=1S/C24H24FNO2S/c1-5-6-13(2)16-8-7-15(12-18(16)25)20-19(28-4)11-14(3)22-21(20)17-9-10-29-23(17)24(27)26-22/h7-13H,5-6H2,1-4H3,(H,26,27)/t13-/m0/s1. The molecule has 3 nitrogen and oxygen atoms in total. The first kappa shape index (κ1) is 19.6. The minimum absolute atomic E-state index is 0.100. The van der Waals surface area contributed by atoms with Crippen LogP contribution in [0.15, 0.2) is 40.5 Å². The maximum absolute atomic E-state index is 15.0. The number of aromatic amines is 1. The van der Waals surface area contributed by atoms with Crippen LogP contribution >= 0.6 is 11.3 Å². The van der Waals surface area contributed by atoms with E-state index in [1.165, 1.54) is 11.3 Å². The topological polar surface area (TPSA) is 42.1 Å². The van der Waals surface area contributed by atoms with Crippen molar-refractivity contribution in [1.82, 2.24) is 4.98 Å². The minimum Gasteiger partial charge on any atom is -0.496 e. The van der Waals surface area contributed by atoms with E-state index in [4.69, 9.17) is 4.74 Å². The van der Waals surface area contributed by atoms with Crippen molar-refractivity contribution < 1.29 is 9.13 Å². The number of halogens is 1. The monoisotopic (exact) mass is 409 g/mol. The highest BCUT2D eigenvalue weighted by atomic mass is 32.1. The molecule has 0 amide bonds. The zero-order valence-electron chi connectivity index (χ0n) is 17.1. The van der Waals surface area contributed by atoms with Crippen LogP contribution in [-0.4, -0.2) is 12.1 Å². The third-order valence-corrected chi connectivity index (χ3v) is 6.54. The van der Waals surface area contributed by atoms with Crippen molar-refractivity contribution in [1.29, 1.82) is 0 Å². The molecular formula is C24H24FNO2S. The molecular weight excluding hydrogens is 385 g/mol. The molecule has 0 unspecified atom stereocenters. The zero-order valence-corrected chi connectivity index (χ0v) is 17.9. The first-order valence-electron chi connectivity index (χ1n) is 9.86. The maximum Gasteiger partial charge on any atom is 0.266 e. The van der Waals surface area contributed by atoms with Crippen molar-refractivity contribution in [3.8, 4) is 16.9 Å². The van der Waals surface area contributed by atoms with Gasteiger partial charge in [-0.15, -0.1) is 11.3 Å². The van der Waals surface area contributed by atoms with E-state index in [1.807, 2.05) is 36.6 Å². The van der Waals surface area contributed by atoms with Gasteiger partial charge in [0.25, 0.3) is 5.56 Å². The van der Waals surface area contributed by atoms with Crippen molar-refractivity contribution in [2.75, 3.05) is 7.11 Å². The summed E-state index contributed by atoms with van der Waals surface area (Å²) in [6.07, 6.45) is 1.96. The van der Waals surface area contributed by atoms with Gasteiger partial charge < -0.3 is 9.72 Å². The average Bonchev–Trinajstić information content (AvgIpc) is 3.19. The number of nitrogens with one attached hydrogen (secondary N) is 1. The second-order valence-electron chi connectivity index (χ2n) is 7.56. The molecule has 2 aromatic carbocycles. The van der Waals surface area contributed by atoms with Crippen LogP contribution in [0.3, 0.4) is 0 Å². The van der Waals surface area contributed by atoms with Gasteiger partial charge in [0.2, 0.25) is 0 Å². The molecule has 0 spiro atoms. The van der Waals surface area contributed by atoms with Gasteiger partial charge in [0, 0.05) is 16.3 Å². The molecule has 2 aromatic heterocycles. The Morgan fingerprint density at radius 3 is 2.72 bits per heavy atom. The van der Waals surface area contributed by atoms with Crippen LogP contribution in [0, 0.1) is 12.7 Å². The number of aryl methyl sites for hydroxylation is 1. The van der Waals surface area contributed by atoms with Crippen LogP contribution in [0.25, 0.3) is 32.1 Å². The highest BCUT2D eigenvalue weighted by molar-refractivity contribution is 7.17. The van der Waals surface area contributed by atoms with E-state index in [9.17, 15) is 4.79 Å². The van der Waals surface area contributed by atoms with E-state index in [0.717, 1.165) is 51.4 Å². The SMILES string of the molecule is CCC[C@H](C)c1ccc(-c2c(OC)cc(C)c3[nH]c(=O)c4sccc4c23)cc1F. The minimum atomic E-state index is -0.204. The van der Waals surface area contributed by atoms with Crippen LogP contribution in [0.5, 0.6) is 5.75 Å². The Morgan fingerprint density at radius 1 is 1.24 bits per heavy atom. The number of pyridine rings is 1. The van der Waals surface area contributed by atoms with Crippen LogP contribution in [0.2, 0.25) is 0 Å². The zero-order chi connectivity index (χ0) is 20.7. The van der Waals surface area contributed by atoms with E-state index in [1.54, 1.807) is 13.2 Å². The summed E-state index contributed by atoms with van der Waals surface area (Å²) in [7, 11) is 1.62. The molecule has 150 valence electrons. The molecule has 0 aliphatic carbocycles. The Labute approximate surface area is 173 Å². The van der Waals surface area contributed by atoms with Crippen LogP contribution in [0.1, 0.15) is 43.7 Å². The van der Waals surface area contributed by atoms with Gasteiger partial charge in [-0.05, 0) is 59.5 Å². The fourth-order valence-electron chi connectivity index (χ4n) is 4.19. The van der Waals surface area contributed by atoms with Crippen molar-refractivity contribution in [3.05, 3.63) is 63.0 Å². The van der Waals surface area contributed by atoms with Crippen molar-refractivity contribution >= 4 is 32.3 Å². The summed E-state index contributed by atoms with van der Waals surface area (Å²) >= 11 is 1.41. The maximum atomic E-state index is 15.0. The quantitative estimate of drug-likeness (QED) is 0.395. The average molecular weight is 410 g/mol. The number of ether oxygens (including phenoxy) is 1. The Hall–Kier alpha value is -2.66. The molecule has 0 aliphatic heterocycles. The van der Waals surface area contributed by atoms with Gasteiger partial charge in [-0.2, -0.15) is 0 Å². The molecule has 0 fully saturated rings. The second-order valence-corrected chi connectivity index (χ2v) is 8.48. The first-order chi connectivity index (χ1) is 14.0. The highest BCUT2D eigenvalue weighted by Crippen LogP contribution is 2.42. The number of aromatic nitrogens is 1. The van der Waals surface area contributed by atoms with Crippen molar-refractivity contribution in [3.63, 3.8) is 0 Å². The van der Waals surface area contributed by atoms with Gasteiger partial charge in [-0.25, -0.2) is 4.39 Å². The molecule has 4 rings (SSSR count). The predicted molar refractivity (Wildman–Crippen MR) is 120 cm³/mol. The molecule has 0 aliphatic rings. The molecule has 0 radical (unpaired) electrons. The number of benzene rings is 2. The fraction of sp³-hybridized carbons (Fsp3) is 0.292. The number of hydrogen-bond donors (Lipinski definition) is 1. The molecule has 2 heterocycles.